The van der Waals surface area contributed by atoms with E-state index in [1.54, 1.807) is 0 Å². The van der Waals surface area contributed by atoms with Gasteiger partial charge in [0, 0.05) is 35.0 Å². The molecule has 2 unspecified atom stereocenters. The van der Waals surface area contributed by atoms with Crippen molar-refractivity contribution in [3.63, 3.8) is 0 Å². The van der Waals surface area contributed by atoms with Gasteiger partial charge in [0.2, 0.25) is 0 Å². The molecule has 3 rings (SSSR count). The summed E-state index contributed by atoms with van der Waals surface area (Å²) in [5.41, 5.74) is 5.29. The van der Waals surface area contributed by atoms with E-state index in [4.69, 9.17) is 0 Å². The second kappa shape index (κ2) is 14.3. The van der Waals surface area contributed by atoms with E-state index < -0.39 is 0 Å². The zero-order valence-electron chi connectivity index (χ0n) is 27.6. The van der Waals surface area contributed by atoms with E-state index in [0.29, 0.717) is 24.0 Å². The van der Waals surface area contributed by atoms with Gasteiger partial charge in [-0.2, -0.15) is 0 Å². The lowest BCUT2D eigenvalue weighted by molar-refractivity contribution is -0.111. The van der Waals surface area contributed by atoms with Crippen LogP contribution in [0.15, 0.2) is 71.6 Å². The third-order valence-electron chi connectivity index (χ3n) is 7.97. The second-order valence-electron chi connectivity index (χ2n) is 14.5. The first kappa shape index (κ1) is 33.9. The van der Waals surface area contributed by atoms with Gasteiger partial charge in [-0.15, -0.1) is 0 Å². The van der Waals surface area contributed by atoms with Gasteiger partial charge in [-0.25, -0.2) is 0 Å². The predicted octanol–water partition coefficient (Wildman–Crippen LogP) is 9.94. The molecule has 0 saturated heterocycles. The van der Waals surface area contributed by atoms with Crippen molar-refractivity contribution >= 4 is 16.9 Å². The van der Waals surface area contributed by atoms with Gasteiger partial charge < -0.3 is 5.11 Å². The van der Waals surface area contributed by atoms with Crippen molar-refractivity contribution in [3.8, 4) is 5.75 Å². The lowest BCUT2D eigenvalue weighted by Gasteiger charge is -2.34. The minimum Gasteiger partial charge on any atom is -0.507 e. The highest BCUT2D eigenvalue weighted by Gasteiger charge is 2.28. The van der Waals surface area contributed by atoms with Gasteiger partial charge in [0.1, 0.15) is 5.75 Å². The van der Waals surface area contributed by atoms with Crippen molar-refractivity contribution in [1.82, 2.24) is 4.90 Å². The largest absolute Gasteiger partial charge is 0.507 e. The third kappa shape index (κ3) is 9.47. The Morgan fingerprint density at radius 1 is 0.833 bits per heavy atom. The lowest BCUT2D eigenvalue weighted by Crippen LogP contribution is -2.32. The van der Waals surface area contributed by atoms with Gasteiger partial charge in [0.25, 0.3) is 0 Å². The molecule has 0 radical (unpaired) electrons. The molecular formula is C38H53NO2S. The summed E-state index contributed by atoms with van der Waals surface area (Å²) in [6.45, 7) is 20.4. The Kier molecular flexibility index (Phi) is 11.5. The van der Waals surface area contributed by atoms with Crippen molar-refractivity contribution < 1.29 is 9.90 Å². The molecule has 42 heavy (non-hydrogen) atoms. The number of nitrogens with zero attached hydrogens (tertiary/aromatic N) is 1. The molecule has 0 spiro atoms. The van der Waals surface area contributed by atoms with Crippen LogP contribution in [0.25, 0.3) is 0 Å². The summed E-state index contributed by atoms with van der Waals surface area (Å²) >= 11 is 1.32. The van der Waals surface area contributed by atoms with Crippen LogP contribution in [0.3, 0.4) is 0 Å². The fraction of sp³-hybridized carbons (Fsp3) is 0.500. The van der Waals surface area contributed by atoms with Gasteiger partial charge in [-0.1, -0.05) is 129 Å². The Bertz CT molecular complexity index is 1260. The SMILES string of the molecule is CC(C)CN(C)C(c1ccc(Cc2ccccc2)cc1)C(C)CCC(=O)Sc1cc(C(C)(C)C)c(O)c(C(C)(C)C)c1. The summed E-state index contributed by atoms with van der Waals surface area (Å²) in [5.74, 6) is 1.22. The number of rotatable bonds is 11. The third-order valence-corrected chi connectivity index (χ3v) is 8.88. The predicted molar refractivity (Wildman–Crippen MR) is 181 cm³/mol. The fourth-order valence-corrected chi connectivity index (χ4v) is 6.70. The van der Waals surface area contributed by atoms with Gasteiger partial charge in [0.15, 0.2) is 5.12 Å². The molecule has 0 bridgehead atoms. The first-order valence-electron chi connectivity index (χ1n) is 15.5. The van der Waals surface area contributed by atoms with Crippen LogP contribution in [0, 0.1) is 11.8 Å². The Balaban J connectivity index is 1.76. The quantitative estimate of drug-likeness (QED) is 0.227. The van der Waals surface area contributed by atoms with Gasteiger partial charge in [0.05, 0.1) is 0 Å². The molecule has 0 aromatic heterocycles. The van der Waals surface area contributed by atoms with E-state index in [1.165, 1.54) is 28.5 Å². The van der Waals surface area contributed by atoms with Gasteiger partial charge in [-0.05, 0) is 71.4 Å². The van der Waals surface area contributed by atoms with E-state index >= 15 is 0 Å². The summed E-state index contributed by atoms with van der Waals surface area (Å²) < 4.78 is 0. The van der Waals surface area contributed by atoms with Crippen LogP contribution in [-0.4, -0.2) is 28.7 Å². The maximum atomic E-state index is 13.3. The van der Waals surface area contributed by atoms with E-state index in [2.05, 4.69) is 129 Å². The van der Waals surface area contributed by atoms with Gasteiger partial charge in [-0.3, -0.25) is 9.69 Å². The number of hydrogen-bond acceptors (Lipinski definition) is 4. The van der Waals surface area contributed by atoms with Crippen LogP contribution >= 0.6 is 11.8 Å². The first-order chi connectivity index (χ1) is 19.6. The molecule has 2 atom stereocenters. The zero-order valence-corrected chi connectivity index (χ0v) is 28.4. The highest BCUT2D eigenvalue weighted by Crippen LogP contribution is 2.42. The van der Waals surface area contributed by atoms with E-state index in [-0.39, 0.29) is 22.0 Å². The molecule has 0 heterocycles. The summed E-state index contributed by atoms with van der Waals surface area (Å²) in [6, 6.07) is 23.9. The van der Waals surface area contributed by atoms with E-state index in [1.807, 2.05) is 12.1 Å². The Hall–Kier alpha value is -2.56. The number of carbonyl (C=O) groups is 1. The zero-order chi connectivity index (χ0) is 31.2. The normalized spacial score (nSPS) is 13.9. The van der Waals surface area contributed by atoms with Crippen LogP contribution in [0.1, 0.15) is 109 Å². The van der Waals surface area contributed by atoms with Crippen molar-refractivity contribution in [3.05, 3.63) is 94.5 Å². The standard InChI is InChI=1S/C38H53NO2S/c1-26(2)25-39(10)35(30-19-17-29(18-20-30)22-28-14-12-11-13-15-28)27(3)16-21-34(40)42-31-23-32(37(4,5)6)36(41)33(24-31)38(7,8)9/h11-15,17-20,23-24,26-27,35,41H,16,21-22,25H2,1-10H3. The Labute approximate surface area is 260 Å². The molecule has 3 aromatic rings. The number of hydrogen-bond donors (Lipinski definition) is 1. The highest BCUT2D eigenvalue weighted by atomic mass is 32.2. The highest BCUT2D eigenvalue weighted by molar-refractivity contribution is 8.13. The molecule has 1 N–H and O–H groups in total. The molecule has 0 aliphatic rings. The van der Waals surface area contributed by atoms with Crippen molar-refractivity contribution in [2.75, 3.05) is 13.6 Å². The van der Waals surface area contributed by atoms with Gasteiger partial charge >= 0.3 is 0 Å². The average molecular weight is 588 g/mol. The summed E-state index contributed by atoms with van der Waals surface area (Å²) in [5, 5.41) is 11.2. The molecule has 0 saturated carbocycles. The van der Waals surface area contributed by atoms with E-state index in [0.717, 1.165) is 35.4 Å². The number of carbonyl (C=O) groups excluding carboxylic acids is 1. The molecule has 0 aliphatic carbocycles. The first-order valence-corrected chi connectivity index (χ1v) is 16.3. The van der Waals surface area contributed by atoms with Crippen LogP contribution in [0.4, 0.5) is 0 Å². The van der Waals surface area contributed by atoms with E-state index in [9.17, 15) is 9.90 Å². The number of thioether (sulfide) groups is 1. The van der Waals surface area contributed by atoms with Crippen molar-refractivity contribution in [2.45, 2.75) is 103 Å². The molecule has 3 nitrogen and oxygen atoms in total. The molecule has 0 amide bonds. The van der Waals surface area contributed by atoms with Crippen LogP contribution < -0.4 is 0 Å². The number of benzene rings is 3. The molecule has 0 fully saturated rings. The van der Waals surface area contributed by atoms with Crippen molar-refractivity contribution in [2.24, 2.45) is 11.8 Å². The molecule has 228 valence electrons. The van der Waals surface area contributed by atoms with Crippen LogP contribution in [-0.2, 0) is 22.0 Å². The number of phenols is 1. The molecule has 0 aliphatic heterocycles. The lowest BCUT2D eigenvalue weighted by atomic mass is 9.79. The summed E-state index contributed by atoms with van der Waals surface area (Å²) in [7, 11) is 2.22. The van der Waals surface area contributed by atoms with Crippen LogP contribution in [0.2, 0.25) is 0 Å². The fourth-order valence-electron chi connectivity index (χ4n) is 5.87. The minimum atomic E-state index is -0.219. The average Bonchev–Trinajstić information content (AvgIpc) is 2.88. The second-order valence-corrected chi connectivity index (χ2v) is 15.7. The molecular weight excluding hydrogens is 534 g/mol. The number of phenolic OH excluding ortho intramolecular Hbond substituents is 1. The molecule has 4 heteroatoms. The smallest absolute Gasteiger partial charge is 0.193 e. The maximum Gasteiger partial charge on any atom is 0.193 e. The van der Waals surface area contributed by atoms with Crippen LogP contribution in [0.5, 0.6) is 5.75 Å². The monoisotopic (exact) mass is 587 g/mol. The summed E-state index contributed by atoms with van der Waals surface area (Å²) in [6.07, 6.45) is 2.27. The maximum absolute atomic E-state index is 13.3. The topological polar surface area (TPSA) is 40.5 Å². The number of aromatic hydroxyl groups is 1. The summed E-state index contributed by atoms with van der Waals surface area (Å²) in [4.78, 5) is 16.7. The minimum absolute atomic E-state index is 0.177. The molecule has 3 aromatic carbocycles. The Morgan fingerprint density at radius 3 is 1.86 bits per heavy atom. The Morgan fingerprint density at radius 2 is 1.36 bits per heavy atom. The van der Waals surface area contributed by atoms with Crippen molar-refractivity contribution in [1.29, 1.82) is 0 Å².